The normalized spacial score (nSPS) is 11.8. The van der Waals surface area contributed by atoms with Gasteiger partial charge in [0.2, 0.25) is 4.77 Å². The van der Waals surface area contributed by atoms with Crippen LogP contribution in [0.4, 0.5) is 0 Å². The molecule has 5 nitrogen and oxygen atoms in total. The molecule has 0 radical (unpaired) electrons. The van der Waals surface area contributed by atoms with E-state index < -0.39 is 5.60 Å². The molecule has 0 fully saturated rings. The third-order valence-electron chi connectivity index (χ3n) is 4.48. The largest absolute Gasteiger partial charge is 0.373 e. The molecule has 1 aromatic heterocycles. The highest BCUT2D eigenvalue weighted by Gasteiger charge is 2.39. The molecule has 0 atom stereocenters. The van der Waals surface area contributed by atoms with E-state index in [9.17, 15) is 5.11 Å². The molecule has 4 aromatic rings. The van der Waals surface area contributed by atoms with Gasteiger partial charge in [0.1, 0.15) is 0 Å². The first kappa shape index (κ1) is 18.0. The van der Waals surface area contributed by atoms with Gasteiger partial charge in [-0.3, -0.25) is 0 Å². The van der Waals surface area contributed by atoms with Crippen LogP contribution in [0.3, 0.4) is 0 Å². The van der Waals surface area contributed by atoms with E-state index in [0.29, 0.717) is 21.7 Å². The van der Waals surface area contributed by atoms with Crippen LogP contribution in [0.25, 0.3) is 0 Å². The van der Waals surface area contributed by atoms with E-state index in [2.05, 4.69) is 15.3 Å². The second-order valence-corrected chi connectivity index (χ2v) is 6.65. The van der Waals surface area contributed by atoms with E-state index in [1.165, 1.54) is 4.68 Å². The predicted molar refractivity (Wildman–Crippen MR) is 112 cm³/mol. The molecule has 3 aromatic carbocycles. The van der Waals surface area contributed by atoms with Gasteiger partial charge in [-0.05, 0) is 28.9 Å². The van der Waals surface area contributed by atoms with E-state index in [-0.39, 0.29) is 0 Å². The molecule has 2 N–H and O–H groups in total. The number of benzene rings is 3. The van der Waals surface area contributed by atoms with E-state index in [4.69, 9.17) is 12.2 Å². The number of aliphatic hydroxyl groups is 1. The van der Waals surface area contributed by atoms with Crippen LogP contribution in [0.1, 0.15) is 22.5 Å². The van der Waals surface area contributed by atoms with Gasteiger partial charge in [0.05, 0.1) is 6.21 Å². The van der Waals surface area contributed by atoms with Crippen molar-refractivity contribution in [2.24, 2.45) is 5.10 Å². The summed E-state index contributed by atoms with van der Waals surface area (Å²) in [5.74, 6) is 0.294. The van der Waals surface area contributed by atoms with Gasteiger partial charge < -0.3 is 5.11 Å². The van der Waals surface area contributed by atoms with Gasteiger partial charge in [0, 0.05) is 0 Å². The Morgan fingerprint density at radius 1 is 0.857 bits per heavy atom. The van der Waals surface area contributed by atoms with Crippen LogP contribution >= 0.6 is 12.2 Å². The fourth-order valence-corrected chi connectivity index (χ4v) is 3.26. The summed E-state index contributed by atoms with van der Waals surface area (Å²) < 4.78 is 1.76. The summed E-state index contributed by atoms with van der Waals surface area (Å²) in [5.41, 5.74) is 0.738. The van der Waals surface area contributed by atoms with Gasteiger partial charge in [-0.25, -0.2) is 5.10 Å². The third kappa shape index (κ3) is 3.31. The van der Waals surface area contributed by atoms with Crippen molar-refractivity contribution in [3.63, 3.8) is 0 Å². The first-order chi connectivity index (χ1) is 13.7. The zero-order chi connectivity index (χ0) is 19.4. The molecule has 0 aliphatic carbocycles. The second-order valence-electron chi connectivity index (χ2n) is 6.26. The second kappa shape index (κ2) is 7.72. The van der Waals surface area contributed by atoms with Crippen LogP contribution in [-0.4, -0.2) is 26.2 Å². The maximum atomic E-state index is 11.9. The average molecular weight is 386 g/mol. The lowest BCUT2D eigenvalue weighted by molar-refractivity contribution is 0.111. The lowest BCUT2D eigenvalue weighted by Crippen LogP contribution is -2.32. The SMILES string of the molecule is OC(c1ccccc1)(c1ccccc1)c1n[nH]c(=S)n1/N=C/c1ccccc1. The summed E-state index contributed by atoms with van der Waals surface area (Å²) in [6, 6.07) is 28.4. The number of rotatable bonds is 5. The summed E-state index contributed by atoms with van der Waals surface area (Å²) in [7, 11) is 0. The van der Waals surface area contributed by atoms with Crippen LogP contribution < -0.4 is 0 Å². The smallest absolute Gasteiger partial charge is 0.216 e. The highest BCUT2D eigenvalue weighted by molar-refractivity contribution is 7.71. The van der Waals surface area contributed by atoms with Crippen molar-refractivity contribution >= 4 is 18.4 Å². The lowest BCUT2D eigenvalue weighted by Gasteiger charge is -2.27. The minimum Gasteiger partial charge on any atom is -0.373 e. The molecule has 0 saturated carbocycles. The van der Waals surface area contributed by atoms with Crippen LogP contribution in [0.15, 0.2) is 96.1 Å². The molecule has 0 aliphatic heterocycles. The minimum absolute atomic E-state index is 0.294. The number of H-pyrrole nitrogens is 1. The van der Waals surface area contributed by atoms with Gasteiger partial charge >= 0.3 is 0 Å². The van der Waals surface area contributed by atoms with E-state index >= 15 is 0 Å². The van der Waals surface area contributed by atoms with Gasteiger partial charge in [-0.1, -0.05) is 91.0 Å². The first-order valence-electron chi connectivity index (χ1n) is 8.80. The summed E-state index contributed by atoms with van der Waals surface area (Å²) in [6.45, 7) is 0. The van der Waals surface area contributed by atoms with Crippen molar-refractivity contribution in [3.05, 3.63) is 118 Å². The molecule has 0 saturated heterocycles. The Balaban J connectivity index is 1.90. The van der Waals surface area contributed by atoms with Crippen LogP contribution in [-0.2, 0) is 5.60 Å². The fraction of sp³-hybridized carbons (Fsp3) is 0.0455. The van der Waals surface area contributed by atoms with Gasteiger partial charge in [0.25, 0.3) is 0 Å². The van der Waals surface area contributed by atoms with Crippen molar-refractivity contribution in [3.8, 4) is 0 Å². The molecule has 28 heavy (non-hydrogen) atoms. The molecule has 0 aliphatic rings. The molecule has 0 spiro atoms. The van der Waals surface area contributed by atoms with Crippen LogP contribution in [0.2, 0.25) is 0 Å². The first-order valence-corrected chi connectivity index (χ1v) is 9.21. The van der Waals surface area contributed by atoms with Crippen molar-refractivity contribution in [2.75, 3.05) is 0 Å². The Kier molecular flexibility index (Phi) is 4.97. The topological polar surface area (TPSA) is 66.2 Å². The van der Waals surface area contributed by atoms with E-state index in [1.807, 2.05) is 91.0 Å². The number of hydrogen-bond donors (Lipinski definition) is 2. The summed E-state index contributed by atoms with van der Waals surface area (Å²) >= 11 is 5.38. The number of nitrogens with zero attached hydrogens (tertiary/aromatic N) is 3. The number of aromatic nitrogens is 3. The molecular weight excluding hydrogens is 368 g/mol. The molecule has 6 heteroatoms. The Morgan fingerprint density at radius 3 is 1.89 bits per heavy atom. The predicted octanol–water partition coefficient (Wildman–Crippen LogP) is 4.11. The highest BCUT2D eigenvalue weighted by atomic mass is 32.1. The monoisotopic (exact) mass is 386 g/mol. The summed E-state index contributed by atoms with van der Waals surface area (Å²) in [5, 5.41) is 23.5. The zero-order valence-electron chi connectivity index (χ0n) is 14.9. The van der Waals surface area contributed by atoms with Crippen molar-refractivity contribution < 1.29 is 5.11 Å². The lowest BCUT2D eigenvalue weighted by atomic mass is 9.85. The fourth-order valence-electron chi connectivity index (χ4n) is 3.08. The molecule has 138 valence electrons. The standard InChI is InChI=1S/C22H18N4OS/c27-22(18-12-6-2-7-13-18,19-14-8-3-9-15-19)20-24-25-21(28)26(20)23-16-17-10-4-1-5-11-17/h1-16,27H,(H,25,28)/b23-16+. The Morgan fingerprint density at radius 2 is 1.36 bits per heavy atom. The van der Waals surface area contributed by atoms with Crippen LogP contribution in [0, 0.1) is 4.77 Å². The minimum atomic E-state index is -1.52. The summed E-state index contributed by atoms with van der Waals surface area (Å²) in [4.78, 5) is 0. The summed E-state index contributed by atoms with van der Waals surface area (Å²) in [6.07, 6.45) is 1.69. The Bertz CT molecular complexity index is 1100. The van der Waals surface area contributed by atoms with Crippen LogP contribution in [0.5, 0.6) is 0 Å². The highest BCUT2D eigenvalue weighted by Crippen LogP contribution is 2.35. The quantitative estimate of drug-likeness (QED) is 0.401. The molecular formula is C22H18N4OS. The molecule has 1 heterocycles. The number of aromatic amines is 1. The number of hydrogen-bond acceptors (Lipinski definition) is 4. The van der Waals surface area contributed by atoms with E-state index in [1.54, 1.807) is 6.21 Å². The van der Waals surface area contributed by atoms with Crippen molar-refractivity contribution in [2.45, 2.75) is 5.60 Å². The van der Waals surface area contributed by atoms with E-state index in [0.717, 1.165) is 5.56 Å². The van der Waals surface area contributed by atoms with Crippen molar-refractivity contribution in [1.82, 2.24) is 14.9 Å². The van der Waals surface area contributed by atoms with Gasteiger partial charge in [-0.15, -0.1) is 0 Å². The molecule has 0 amide bonds. The Hall–Kier alpha value is -3.35. The average Bonchev–Trinajstić information content (AvgIpc) is 3.14. The Labute approximate surface area is 167 Å². The molecule has 0 unspecified atom stereocenters. The van der Waals surface area contributed by atoms with Gasteiger partial charge in [0.15, 0.2) is 11.4 Å². The maximum Gasteiger partial charge on any atom is 0.216 e. The van der Waals surface area contributed by atoms with Crippen molar-refractivity contribution in [1.29, 1.82) is 0 Å². The van der Waals surface area contributed by atoms with Gasteiger partial charge in [-0.2, -0.15) is 14.9 Å². The zero-order valence-corrected chi connectivity index (χ0v) is 15.8. The number of nitrogens with one attached hydrogen (secondary N) is 1. The third-order valence-corrected chi connectivity index (χ3v) is 4.74. The maximum absolute atomic E-state index is 11.9. The molecule has 4 rings (SSSR count). The molecule has 0 bridgehead atoms.